The van der Waals surface area contributed by atoms with Crippen molar-refractivity contribution >= 4 is 43.1 Å². The molecule has 4 aromatic heterocycles. The van der Waals surface area contributed by atoms with Crippen LogP contribution in [0.15, 0.2) is 413 Å². The van der Waals surface area contributed by atoms with Crippen molar-refractivity contribution in [3.8, 4) is 136 Å². The average Bonchev–Trinajstić information content (AvgIpc) is 0.803. The molecule has 0 radical (unpaired) electrons. The monoisotopic (exact) mass is 1460 g/mol. The maximum Gasteiger partial charge on any atom is 0.163 e. The van der Waals surface area contributed by atoms with E-state index in [2.05, 4.69) is 325 Å². The minimum absolute atomic E-state index is 0.689. The molecule has 0 atom stereocenters. The molecule has 114 heavy (non-hydrogen) atoms. The van der Waals surface area contributed by atoms with Crippen molar-refractivity contribution in [2.75, 3.05) is 0 Å². The molecule has 10 nitrogen and oxygen atoms in total. The van der Waals surface area contributed by atoms with E-state index in [1.807, 2.05) is 109 Å². The third kappa shape index (κ3) is 16.5. The highest BCUT2D eigenvalue weighted by Crippen LogP contribution is 2.36. The van der Waals surface area contributed by atoms with Crippen LogP contribution in [0.5, 0.6) is 0 Å². The number of aromatic nitrogens is 10. The molecule has 16 aromatic carbocycles. The molecular weight excluding hydrogens is 1390 g/mol. The zero-order valence-electron chi connectivity index (χ0n) is 62.7. The first-order chi connectivity index (χ1) is 56.3. The van der Waals surface area contributed by atoms with Gasteiger partial charge in [-0.15, -0.1) is 0 Å². The summed E-state index contributed by atoms with van der Waals surface area (Å²) in [5.74, 6) is 4.24. The van der Waals surface area contributed by atoms with Gasteiger partial charge < -0.3 is 0 Å². The molecule has 0 amide bonds. The Morgan fingerprint density at radius 1 is 0.167 bits per heavy atom. The minimum Gasteiger partial charge on any atom is -0.228 e. The summed E-state index contributed by atoms with van der Waals surface area (Å²) in [6, 6.07) is 137. The summed E-state index contributed by atoms with van der Waals surface area (Å²) in [5.41, 5.74) is 21.3. The Morgan fingerprint density at radius 2 is 0.491 bits per heavy atom. The minimum atomic E-state index is 0.689. The fourth-order valence-corrected chi connectivity index (χ4v) is 14.2. The van der Waals surface area contributed by atoms with Gasteiger partial charge in [-0.1, -0.05) is 363 Å². The molecule has 0 fully saturated rings. The van der Waals surface area contributed by atoms with Gasteiger partial charge in [0.2, 0.25) is 0 Å². The van der Waals surface area contributed by atoms with Crippen LogP contribution in [0, 0.1) is 13.8 Å². The van der Waals surface area contributed by atoms with Crippen LogP contribution in [0.2, 0.25) is 0 Å². The van der Waals surface area contributed by atoms with Crippen LogP contribution < -0.4 is 0 Å². The van der Waals surface area contributed by atoms with Crippen LogP contribution in [0.4, 0.5) is 0 Å². The standard InChI is InChI=1S/2C29H22N2.2C23H15N3/c1-21-10-8-16-25(18-21)27-20-28(31-29(30-27)23-13-6-3-7-14-23)26-17-9-15-24(19-26)22-11-4-2-5-12-22;1-21-11-8-9-18-26(21)28-20-27(30-29(31-28)23-14-6-3-7-15-23)25-17-10-16-24(19-25)22-12-4-2-5-13-22;1-3-11-18-16(7-1)9-5-13-20(18)22-24-15-25-23(26-22)21-14-6-10-17-8-2-4-12-19(17)21;1-3-7-18-13-20(11-9-16(18)5-1)22-24-15-25-23(26-22)21-12-10-17-6-2-4-8-19(17)14-21/h2*2-20H,1H3;2*1-15H. The van der Waals surface area contributed by atoms with Gasteiger partial charge in [-0.05, 0) is 127 Å². The second kappa shape index (κ2) is 33.7. The molecular formula is C104H74N10. The predicted molar refractivity (Wildman–Crippen MR) is 468 cm³/mol. The van der Waals surface area contributed by atoms with Gasteiger partial charge in [0.1, 0.15) is 12.7 Å². The largest absolute Gasteiger partial charge is 0.228 e. The van der Waals surface area contributed by atoms with E-state index in [-0.39, 0.29) is 0 Å². The lowest BCUT2D eigenvalue weighted by atomic mass is 10.00. The molecule has 0 bridgehead atoms. The summed E-state index contributed by atoms with van der Waals surface area (Å²) in [5, 5.41) is 9.42. The molecule has 0 aliphatic rings. The van der Waals surface area contributed by atoms with Crippen molar-refractivity contribution in [1.82, 2.24) is 49.8 Å². The molecule has 0 aliphatic carbocycles. The summed E-state index contributed by atoms with van der Waals surface area (Å²) < 4.78 is 0. The third-order valence-electron chi connectivity index (χ3n) is 20.0. The van der Waals surface area contributed by atoms with E-state index in [1.165, 1.54) is 65.7 Å². The summed E-state index contributed by atoms with van der Waals surface area (Å²) in [6.45, 7) is 4.22. The highest BCUT2D eigenvalue weighted by atomic mass is 15.0. The van der Waals surface area contributed by atoms with E-state index >= 15 is 0 Å². The lowest BCUT2D eigenvalue weighted by Gasteiger charge is -2.11. The maximum absolute atomic E-state index is 4.95. The highest BCUT2D eigenvalue weighted by Gasteiger charge is 2.17. The number of benzene rings is 16. The smallest absolute Gasteiger partial charge is 0.163 e. The summed E-state index contributed by atoms with van der Waals surface area (Å²) >= 11 is 0. The SMILES string of the molecule is Cc1cccc(-c2cc(-c3cccc(-c4ccccc4)c3)nc(-c3ccccc3)n2)c1.Cc1ccccc1-c1cc(-c2cccc(-c3ccccc3)c2)nc(-c2ccccc2)n1.c1ccc2c(-c3ncnc(-c4cccc5ccccc45)n3)cccc2c1.c1ccc2cc(-c3ncnc(-c4ccc5ccccc5c4)n3)ccc2c1. The van der Waals surface area contributed by atoms with Gasteiger partial charge in [0.15, 0.2) is 34.9 Å². The molecule has 10 heteroatoms. The van der Waals surface area contributed by atoms with Crippen LogP contribution in [0.1, 0.15) is 11.1 Å². The Labute approximate surface area is 662 Å². The number of nitrogens with zero attached hydrogens (tertiary/aromatic N) is 10. The topological polar surface area (TPSA) is 129 Å². The molecule has 20 rings (SSSR count). The normalized spacial score (nSPS) is 10.9. The van der Waals surface area contributed by atoms with Crippen LogP contribution in [0.3, 0.4) is 0 Å². The van der Waals surface area contributed by atoms with Gasteiger partial charge >= 0.3 is 0 Å². The van der Waals surface area contributed by atoms with Crippen molar-refractivity contribution in [3.05, 3.63) is 424 Å². The van der Waals surface area contributed by atoms with Crippen molar-refractivity contribution in [2.24, 2.45) is 0 Å². The van der Waals surface area contributed by atoms with Crippen LogP contribution in [-0.4, -0.2) is 49.8 Å². The zero-order chi connectivity index (χ0) is 76.8. The number of hydrogen-bond donors (Lipinski definition) is 0. The molecule has 0 unspecified atom stereocenters. The van der Waals surface area contributed by atoms with Crippen molar-refractivity contribution < 1.29 is 0 Å². The lowest BCUT2D eigenvalue weighted by molar-refractivity contribution is 1.07. The first-order valence-electron chi connectivity index (χ1n) is 38.0. The average molecular weight is 1460 g/mol. The second-order valence-corrected chi connectivity index (χ2v) is 27.7. The van der Waals surface area contributed by atoms with Gasteiger partial charge in [-0.3, -0.25) is 0 Å². The molecule has 0 N–H and O–H groups in total. The van der Waals surface area contributed by atoms with E-state index in [0.717, 1.165) is 101 Å². The molecule has 4 heterocycles. The lowest BCUT2D eigenvalue weighted by Crippen LogP contribution is -1.97. The summed E-state index contributed by atoms with van der Waals surface area (Å²) in [6.07, 6.45) is 3.18. The second-order valence-electron chi connectivity index (χ2n) is 27.7. The summed E-state index contributed by atoms with van der Waals surface area (Å²) in [4.78, 5) is 46.9. The zero-order valence-corrected chi connectivity index (χ0v) is 62.7. The van der Waals surface area contributed by atoms with Crippen LogP contribution >= 0.6 is 0 Å². The number of rotatable bonds is 12. The molecule has 0 aliphatic heterocycles. The van der Waals surface area contributed by atoms with Gasteiger partial charge in [0.25, 0.3) is 0 Å². The van der Waals surface area contributed by atoms with E-state index < -0.39 is 0 Å². The van der Waals surface area contributed by atoms with Gasteiger partial charge in [0, 0.05) is 55.6 Å². The fraction of sp³-hybridized carbons (Fsp3) is 0.0192. The maximum atomic E-state index is 4.95. The molecule has 20 aromatic rings. The Balaban J connectivity index is 0.000000110. The molecule has 0 saturated heterocycles. The fourth-order valence-electron chi connectivity index (χ4n) is 14.2. The Hall–Kier alpha value is -15.3. The van der Waals surface area contributed by atoms with Gasteiger partial charge in [0.05, 0.1) is 22.8 Å². The van der Waals surface area contributed by atoms with E-state index in [9.17, 15) is 0 Å². The van der Waals surface area contributed by atoms with E-state index in [4.69, 9.17) is 29.9 Å². The molecule has 0 spiro atoms. The Kier molecular flexibility index (Phi) is 21.2. The summed E-state index contributed by atoms with van der Waals surface area (Å²) in [7, 11) is 0. The van der Waals surface area contributed by atoms with E-state index in [1.54, 1.807) is 12.7 Å². The highest BCUT2D eigenvalue weighted by molar-refractivity contribution is 5.98. The number of fused-ring (bicyclic) bond motifs is 4. The number of hydrogen-bond acceptors (Lipinski definition) is 10. The number of aryl methyl sites for hydroxylation is 2. The quantitative estimate of drug-likeness (QED) is 0.117. The first kappa shape index (κ1) is 71.6. The van der Waals surface area contributed by atoms with E-state index in [0.29, 0.717) is 23.3 Å². The Bertz CT molecular complexity index is 6580. The molecule has 540 valence electrons. The van der Waals surface area contributed by atoms with Crippen LogP contribution in [-0.2, 0) is 0 Å². The van der Waals surface area contributed by atoms with Crippen LogP contribution in [0.25, 0.3) is 179 Å². The third-order valence-corrected chi connectivity index (χ3v) is 20.0. The van der Waals surface area contributed by atoms with Crippen molar-refractivity contribution in [3.63, 3.8) is 0 Å². The molecule has 0 saturated carbocycles. The van der Waals surface area contributed by atoms with Crippen molar-refractivity contribution in [2.45, 2.75) is 13.8 Å². The first-order valence-corrected chi connectivity index (χ1v) is 38.0. The van der Waals surface area contributed by atoms with Gasteiger partial charge in [-0.25, -0.2) is 49.8 Å². The Morgan fingerprint density at radius 3 is 0.956 bits per heavy atom. The van der Waals surface area contributed by atoms with Gasteiger partial charge in [-0.2, -0.15) is 0 Å². The van der Waals surface area contributed by atoms with Crippen molar-refractivity contribution in [1.29, 1.82) is 0 Å². The predicted octanol–water partition coefficient (Wildman–Crippen LogP) is 25.9.